The molecule has 0 spiro atoms. The van der Waals surface area contributed by atoms with Crippen molar-refractivity contribution in [3.63, 3.8) is 0 Å². The number of carbonyl (C=O) groups is 1. The fourth-order valence-corrected chi connectivity index (χ4v) is 2.04. The number of nitrogens with zero attached hydrogens (tertiary/aromatic N) is 1. The normalized spacial score (nSPS) is 16.9. The van der Waals surface area contributed by atoms with Crippen molar-refractivity contribution < 1.29 is 14.4 Å². The Morgan fingerprint density at radius 1 is 1.53 bits per heavy atom. The van der Waals surface area contributed by atoms with Crippen LogP contribution in [-0.4, -0.2) is 22.2 Å². The average Bonchev–Trinajstić information content (AvgIpc) is 2.85. The van der Waals surface area contributed by atoms with Gasteiger partial charge >= 0.3 is 0 Å². The third-order valence-corrected chi connectivity index (χ3v) is 2.97. The molecule has 1 heterocycles. The Kier molecular flexibility index (Phi) is 2.77. The maximum absolute atomic E-state index is 11.8. The van der Waals surface area contributed by atoms with Crippen molar-refractivity contribution in [1.82, 2.24) is 5.06 Å². The molecule has 0 unspecified atom stereocenters. The van der Waals surface area contributed by atoms with Crippen LogP contribution in [0.3, 0.4) is 0 Å². The first-order chi connectivity index (χ1) is 7.20. The molecule has 0 radical (unpaired) electrons. The van der Waals surface area contributed by atoms with Gasteiger partial charge < -0.3 is 4.42 Å². The molecule has 1 amide bonds. The summed E-state index contributed by atoms with van der Waals surface area (Å²) in [6, 6.07) is 1.57. The fraction of sp³-hybridized carbons (Fsp3) is 0.545. The Morgan fingerprint density at radius 3 is 2.73 bits per heavy atom. The van der Waals surface area contributed by atoms with Crippen molar-refractivity contribution in [2.45, 2.75) is 38.6 Å². The molecule has 0 saturated heterocycles. The van der Waals surface area contributed by atoms with E-state index in [0.29, 0.717) is 11.3 Å². The minimum atomic E-state index is -0.354. The van der Waals surface area contributed by atoms with Crippen molar-refractivity contribution in [2.75, 3.05) is 0 Å². The van der Waals surface area contributed by atoms with Gasteiger partial charge in [-0.25, -0.2) is 5.06 Å². The highest BCUT2D eigenvalue weighted by molar-refractivity contribution is 5.94. The average molecular weight is 209 g/mol. The van der Waals surface area contributed by atoms with Gasteiger partial charge in [0.25, 0.3) is 5.91 Å². The Bertz CT molecular complexity index is 352. The molecule has 4 heteroatoms. The number of rotatable bonds is 2. The molecule has 0 aromatic carbocycles. The standard InChI is InChI=1S/C11H15NO3/c1-8-10(6-7-15-8)11(13)12(14)9-4-2-3-5-9/h6-7,9,14H,2-5H2,1H3. The highest BCUT2D eigenvalue weighted by atomic mass is 16.5. The van der Waals surface area contributed by atoms with Crippen molar-refractivity contribution in [3.05, 3.63) is 23.7 Å². The lowest BCUT2D eigenvalue weighted by Gasteiger charge is -2.21. The SMILES string of the molecule is Cc1occc1C(=O)N(O)C1CCCC1. The van der Waals surface area contributed by atoms with Gasteiger partial charge in [0.1, 0.15) is 5.76 Å². The van der Waals surface area contributed by atoms with Crippen LogP contribution >= 0.6 is 0 Å². The summed E-state index contributed by atoms with van der Waals surface area (Å²) >= 11 is 0. The predicted octanol–water partition coefficient (Wildman–Crippen LogP) is 2.36. The molecule has 15 heavy (non-hydrogen) atoms. The van der Waals surface area contributed by atoms with Crippen LogP contribution in [0.1, 0.15) is 41.8 Å². The van der Waals surface area contributed by atoms with E-state index in [9.17, 15) is 10.0 Å². The molecule has 1 aromatic heterocycles. The van der Waals surface area contributed by atoms with Gasteiger partial charge in [0.05, 0.1) is 17.9 Å². The van der Waals surface area contributed by atoms with Crippen molar-refractivity contribution in [1.29, 1.82) is 0 Å². The summed E-state index contributed by atoms with van der Waals surface area (Å²) in [4.78, 5) is 11.8. The minimum Gasteiger partial charge on any atom is -0.469 e. The van der Waals surface area contributed by atoms with E-state index in [-0.39, 0.29) is 11.9 Å². The number of aryl methyl sites for hydroxylation is 1. The Labute approximate surface area is 88.4 Å². The molecule has 1 saturated carbocycles. The number of furan rings is 1. The van der Waals surface area contributed by atoms with Gasteiger partial charge in [-0.15, -0.1) is 0 Å². The second-order valence-corrected chi connectivity index (χ2v) is 3.98. The predicted molar refractivity (Wildman–Crippen MR) is 53.7 cm³/mol. The van der Waals surface area contributed by atoms with Gasteiger partial charge in [-0.05, 0) is 25.8 Å². The van der Waals surface area contributed by atoms with E-state index >= 15 is 0 Å². The van der Waals surface area contributed by atoms with Crippen LogP contribution in [0.4, 0.5) is 0 Å². The quantitative estimate of drug-likeness (QED) is 0.601. The summed E-state index contributed by atoms with van der Waals surface area (Å²) in [5.41, 5.74) is 0.449. The molecule has 4 nitrogen and oxygen atoms in total. The molecule has 1 aliphatic carbocycles. The summed E-state index contributed by atoms with van der Waals surface area (Å²) < 4.78 is 5.04. The molecule has 1 aliphatic rings. The molecule has 1 aromatic rings. The highest BCUT2D eigenvalue weighted by Gasteiger charge is 2.27. The number of hydrogen-bond donors (Lipinski definition) is 1. The van der Waals surface area contributed by atoms with Gasteiger partial charge in [-0.1, -0.05) is 12.8 Å². The van der Waals surface area contributed by atoms with Crippen molar-refractivity contribution in [2.24, 2.45) is 0 Å². The van der Waals surface area contributed by atoms with Gasteiger partial charge in [0.15, 0.2) is 0 Å². The second kappa shape index (κ2) is 4.06. The largest absolute Gasteiger partial charge is 0.469 e. The van der Waals surface area contributed by atoms with Gasteiger partial charge in [0.2, 0.25) is 0 Å². The summed E-state index contributed by atoms with van der Waals surface area (Å²) in [6.45, 7) is 1.72. The number of hydroxylamine groups is 2. The zero-order valence-electron chi connectivity index (χ0n) is 8.77. The zero-order chi connectivity index (χ0) is 10.8. The molecule has 1 fully saturated rings. The first kappa shape index (κ1) is 10.2. The first-order valence-corrected chi connectivity index (χ1v) is 5.26. The van der Waals surface area contributed by atoms with E-state index in [1.54, 1.807) is 13.0 Å². The maximum Gasteiger partial charge on any atom is 0.281 e. The van der Waals surface area contributed by atoms with E-state index in [2.05, 4.69) is 0 Å². The first-order valence-electron chi connectivity index (χ1n) is 5.26. The van der Waals surface area contributed by atoms with E-state index in [0.717, 1.165) is 30.7 Å². The topological polar surface area (TPSA) is 53.7 Å². The van der Waals surface area contributed by atoms with E-state index in [4.69, 9.17) is 4.42 Å². The summed E-state index contributed by atoms with van der Waals surface area (Å²) in [5, 5.41) is 10.6. The number of amides is 1. The molecule has 1 N–H and O–H groups in total. The lowest BCUT2D eigenvalue weighted by molar-refractivity contribution is -0.0868. The smallest absolute Gasteiger partial charge is 0.281 e. The lowest BCUT2D eigenvalue weighted by Crippen LogP contribution is -2.35. The van der Waals surface area contributed by atoms with Crippen LogP contribution in [-0.2, 0) is 0 Å². The lowest BCUT2D eigenvalue weighted by atomic mass is 10.2. The minimum absolute atomic E-state index is 0.0215. The molecular formula is C11H15NO3. The van der Waals surface area contributed by atoms with Gasteiger partial charge in [0, 0.05) is 0 Å². The number of carbonyl (C=O) groups excluding carboxylic acids is 1. The Hall–Kier alpha value is -1.29. The molecule has 0 atom stereocenters. The van der Waals surface area contributed by atoms with Crippen molar-refractivity contribution in [3.8, 4) is 0 Å². The van der Waals surface area contributed by atoms with Gasteiger partial charge in [-0.2, -0.15) is 0 Å². The van der Waals surface area contributed by atoms with Crippen LogP contribution in [0.15, 0.2) is 16.7 Å². The molecule has 0 bridgehead atoms. The van der Waals surface area contributed by atoms with Crippen LogP contribution < -0.4 is 0 Å². The highest BCUT2D eigenvalue weighted by Crippen LogP contribution is 2.24. The molecule has 2 rings (SSSR count). The van der Waals surface area contributed by atoms with E-state index in [1.165, 1.54) is 6.26 Å². The molecular weight excluding hydrogens is 194 g/mol. The third-order valence-electron chi connectivity index (χ3n) is 2.97. The van der Waals surface area contributed by atoms with E-state index in [1.807, 2.05) is 0 Å². The van der Waals surface area contributed by atoms with Crippen LogP contribution in [0, 0.1) is 6.92 Å². The van der Waals surface area contributed by atoms with Crippen molar-refractivity contribution >= 4 is 5.91 Å². The Balaban J connectivity index is 2.10. The summed E-state index contributed by atoms with van der Waals surface area (Å²) in [5.74, 6) is 0.199. The third kappa shape index (κ3) is 1.90. The monoisotopic (exact) mass is 209 g/mol. The van der Waals surface area contributed by atoms with Crippen LogP contribution in [0.2, 0.25) is 0 Å². The van der Waals surface area contributed by atoms with Gasteiger partial charge in [-0.3, -0.25) is 10.0 Å². The maximum atomic E-state index is 11.8. The summed E-state index contributed by atoms with van der Waals surface area (Å²) in [6.07, 6.45) is 5.40. The Morgan fingerprint density at radius 2 is 2.20 bits per heavy atom. The molecule has 82 valence electrons. The zero-order valence-corrected chi connectivity index (χ0v) is 8.77. The second-order valence-electron chi connectivity index (χ2n) is 3.98. The molecule has 0 aliphatic heterocycles. The number of hydrogen-bond acceptors (Lipinski definition) is 3. The van der Waals surface area contributed by atoms with E-state index < -0.39 is 0 Å². The van der Waals surface area contributed by atoms with Crippen LogP contribution in [0.25, 0.3) is 0 Å². The fourth-order valence-electron chi connectivity index (χ4n) is 2.04. The van der Waals surface area contributed by atoms with Crippen LogP contribution in [0.5, 0.6) is 0 Å². The summed E-state index contributed by atoms with van der Waals surface area (Å²) in [7, 11) is 0.